The first-order valence-corrected chi connectivity index (χ1v) is 14.7. The first-order valence-electron chi connectivity index (χ1n) is 14.7. The number of allylic oxidation sites excluding steroid dienone is 1. The molecule has 2 aliphatic rings. The van der Waals surface area contributed by atoms with E-state index in [0.717, 1.165) is 19.3 Å². The lowest BCUT2D eigenvalue weighted by atomic mass is 9.99. The van der Waals surface area contributed by atoms with E-state index in [1.165, 1.54) is 0 Å². The van der Waals surface area contributed by atoms with Crippen LogP contribution >= 0.6 is 0 Å². The Bertz CT molecular complexity index is 1100. The van der Waals surface area contributed by atoms with E-state index in [-0.39, 0.29) is 43.8 Å². The lowest BCUT2D eigenvalue weighted by Crippen LogP contribution is -2.37. The summed E-state index contributed by atoms with van der Waals surface area (Å²) in [5.41, 5.74) is 1.14. The monoisotopic (exact) mass is 588 g/mol. The number of hydrogen-bond donors (Lipinski definition) is 1. The summed E-state index contributed by atoms with van der Waals surface area (Å²) in [4.78, 5) is 33.5. The quantitative estimate of drug-likeness (QED) is 0.133. The predicted molar refractivity (Wildman–Crippen MR) is 157 cm³/mol. The number of benzene rings is 1. The number of nitrogens with zero attached hydrogens (tertiary/aromatic N) is 2. The summed E-state index contributed by atoms with van der Waals surface area (Å²) in [6, 6.07) is 3.30. The summed E-state index contributed by atoms with van der Waals surface area (Å²) < 4.78 is 28.1. The molecule has 2 atom stereocenters. The summed E-state index contributed by atoms with van der Waals surface area (Å²) in [6.45, 7) is 7.54. The topological polar surface area (TPSA) is 125 Å². The SMILES string of the molecule is CCOCOc1cc2c(c(OCOCC)c1)C(=O)O[C@H](C)C/C=C/[C@H](O)C/C=C/C(=NOCC(=O)N1CCCCC1)C2. The van der Waals surface area contributed by atoms with Gasteiger partial charge in [0.05, 0.1) is 11.8 Å². The van der Waals surface area contributed by atoms with Crippen molar-refractivity contribution in [1.82, 2.24) is 4.90 Å². The van der Waals surface area contributed by atoms with Crippen LogP contribution in [-0.2, 0) is 30.3 Å². The maximum Gasteiger partial charge on any atom is 0.342 e. The number of piperidine rings is 1. The molecule has 0 saturated carbocycles. The summed E-state index contributed by atoms with van der Waals surface area (Å²) >= 11 is 0. The van der Waals surface area contributed by atoms with Crippen molar-refractivity contribution in [3.63, 3.8) is 0 Å². The predicted octanol–water partition coefficient (Wildman–Crippen LogP) is 4.17. The van der Waals surface area contributed by atoms with Gasteiger partial charge in [0.1, 0.15) is 23.2 Å². The zero-order valence-corrected chi connectivity index (χ0v) is 24.9. The zero-order valence-electron chi connectivity index (χ0n) is 24.9. The Labute approximate surface area is 248 Å². The number of fused-ring (bicyclic) bond motifs is 1. The molecular formula is C31H44N2O9. The van der Waals surface area contributed by atoms with Gasteiger partial charge in [0.2, 0.25) is 0 Å². The fourth-order valence-corrected chi connectivity index (χ4v) is 4.46. The molecule has 2 aliphatic heterocycles. The van der Waals surface area contributed by atoms with Gasteiger partial charge in [-0.05, 0) is 64.2 Å². The highest BCUT2D eigenvalue weighted by Crippen LogP contribution is 2.32. The second-order valence-electron chi connectivity index (χ2n) is 10.0. The maximum absolute atomic E-state index is 13.5. The minimum Gasteiger partial charge on any atom is -0.467 e. The van der Waals surface area contributed by atoms with Crippen molar-refractivity contribution in [3.05, 3.63) is 47.6 Å². The van der Waals surface area contributed by atoms with E-state index in [2.05, 4.69) is 5.16 Å². The normalized spacial score (nSPS) is 22.4. The van der Waals surface area contributed by atoms with Crippen LogP contribution < -0.4 is 9.47 Å². The molecule has 1 N–H and O–H groups in total. The molecule has 0 aromatic heterocycles. The Balaban J connectivity index is 1.98. The Kier molecular flexibility index (Phi) is 14.3. The zero-order chi connectivity index (χ0) is 30.2. The molecular weight excluding hydrogens is 544 g/mol. The number of cyclic esters (lactones) is 1. The molecule has 0 aliphatic carbocycles. The summed E-state index contributed by atoms with van der Waals surface area (Å²) in [6.07, 6.45) is 9.71. The first kappa shape index (κ1) is 33.1. The van der Waals surface area contributed by atoms with Gasteiger partial charge in [0, 0.05) is 45.2 Å². The second-order valence-corrected chi connectivity index (χ2v) is 10.0. The third-order valence-corrected chi connectivity index (χ3v) is 6.65. The average Bonchev–Trinajstić information content (AvgIpc) is 2.97. The van der Waals surface area contributed by atoms with Crippen LogP contribution in [0.4, 0.5) is 0 Å². The van der Waals surface area contributed by atoms with Crippen LogP contribution in [-0.4, -0.2) is 86.3 Å². The van der Waals surface area contributed by atoms with Crippen LogP contribution in [0.2, 0.25) is 0 Å². The summed E-state index contributed by atoms with van der Waals surface area (Å²) in [5, 5.41) is 14.6. The Morgan fingerprint density at radius 3 is 2.52 bits per heavy atom. The number of rotatable bonds is 11. The van der Waals surface area contributed by atoms with E-state index in [4.69, 9.17) is 28.5 Å². The lowest BCUT2D eigenvalue weighted by Gasteiger charge is -2.26. The molecule has 42 heavy (non-hydrogen) atoms. The van der Waals surface area contributed by atoms with Gasteiger partial charge in [0.25, 0.3) is 5.91 Å². The van der Waals surface area contributed by atoms with Crippen LogP contribution in [0.25, 0.3) is 0 Å². The molecule has 2 heterocycles. The number of hydrogen-bond acceptors (Lipinski definition) is 10. The Morgan fingerprint density at radius 1 is 1.05 bits per heavy atom. The minimum absolute atomic E-state index is 0.00840. The van der Waals surface area contributed by atoms with Gasteiger partial charge in [-0.25, -0.2) is 4.79 Å². The van der Waals surface area contributed by atoms with Crippen molar-refractivity contribution in [2.45, 2.75) is 71.5 Å². The lowest BCUT2D eigenvalue weighted by molar-refractivity contribution is -0.137. The van der Waals surface area contributed by atoms with Crippen molar-refractivity contribution < 1.29 is 43.2 Å². The van der Waals surface area contributed by atoms with Gasteiger partial charge >= 0.3 is 5.97 Å². The Morgan fingerprint density at radius 2 is 1.79 bits per heavy atom. The highest BCUT2D eigenvalue weighted by Gasteiger charge is 2.24. The van der Waals surface area contributed by atoms with E-state index in [0.29, 0.717) is 56.2 Å². The van der Waals surface area contributed by atoms with Crippen LogP contribution in [0, 0.1) is 0 Å². The van der Waals surface area contributed by atoms with Crippen LogP contribution in [0.5, 0.6) is 11.5 Å². The molecule has 11 nitrogen and oxygen atoms in total. The summed E-state index contributed by atoms with van der Waals surface area (Å²) in [7, 11) is 0. The van der Waals surface area contributed by atoms with Crippen molar-refractivity contribution in [1.29, 1.82) is 0 Å². The summed E-state index contributed by atoms with van der Waals surface area (Å²) in [5.74, 6) is -0.0673. The largest absolute Gasteiger partial charge is 0.467 e. The highest BCUT2D eigenvalue weighted by molar-refractivity contribution is 6.00. The number of aliphatic hydroxyl groups is 1. The van der Waals surface area contributed by atoms with Gasteiger partial charge in [-0.15, -0.1) is 0 Å². The number of oxime groups is 1. The van der Waals surface area contributed by atoms with E-state index in [9.17, 15) is 14.7 Å². The van der Waals surface area contributed by atoms with Gasteiger partial charge in [-0.2, -0.15) is 0 Å². The highest BCUT2D eigenvalue weighted by atomic mass is 16.7. The number of esters is 1. The average molecular weight is 589 g/mol. The van der Waals surface area contributed by atoms with Crippen molar-refractivity contribution in [2.24, 2.45) is 5.16 Å². The van der Waals surface area contributed by atoms with Gasteiger partial charge < -0.3 is 38.5 Å². The molecule has 1 aromatic carbocycles. The molecule has 3 rings (SSSR count). The van der Waals surface area contributed by atoms with E-state index >= 15 is 0 Å². The van der Waals surface area contributed by atoms with Crippen LogP contribution in [0.15, 0.2) is 41.6 Å². The fraction of sp³-hybridized carbons (Fsp3) is 0.581. The van der Waals surface area contributed by atoms with Gasteiger partial charge in [0.15, 0.2) is 20.2 Å². The molecule has 0 spiro atoms. The number of aliphatic hydroxyl groups excluding tert-OH is 1. The molecule has 1 aromatic rings. The van der Waals surface area contributed by atoms with Crippen LogP contribution in [0.1, 0.15) is 68.8 Å². The smallest absolute Gasteiger partial charge is 0.342 e. The van der Waals surface area contributed by atoms with Gasteiger partial charge in [-0.1, -0.05) is 23.4 Å². The van der Waals surface area contributed by atoms with E-state index in [1.54, 1.807) is 48.3 Å². The number of ether oxygens (including phenoxy) is 5. The van der Waals surface area contributed by atoms with Crippen LogP contribution in [0.3, 0.4) is 0 Å². The molecule has 1 saturated heterocycles. The fourth-order valence-electron chi connectivity index (χ4n) is 4.46. The molecule has 232 valence electrons. The number of carbonyl (C=O) groups excluding carboxylic acids is 2. The standard InChI is InChI=1S/C31H44N2O9/c1-4-37-21-39-27-18-24-17-25(32-41-20-29(35)33-15-7-6-8-16-33)12-10-14-26(34)13-9-11-23(3)42-31(36)30(24)28(19-27)40-22-38-5-2/h9-10,12-13,18-19,23,26,34H,4-8,11,14-17,20-22H2,1-3H3/b12-10+,13-9+,32-25?/t23-,26+/m1/s1. The number of likely N-dealkylation sites (tertiary alicyclic amines) is 1. The van der Waals surface area contributed by atoms with Crippen molar-refractivity contribution in [3.8, 4) is 11.5 Å². The molecule has 1 amide bonds. The molecule has 1 fully saturated rings. The third-order valence-electron chi connectivity index (χ3n) is 6.65. The maximum atomic E-state index is 13.5. The van der Waals surface area contributed by atoms with Crippen molar-refractivity contribution in [2.75, 3.05) is 46.5 Å². The number of carbonyl (C=O) groups is 2. The van der Waals surface area contributed by atoms with E-state index in [1.807, 2.05) is 13.8 Å². The number of amides is 1. The minimum atomic E-state index is -0.723. The molecule has 0 bridgehead atoms. The second kappa shape index (κ2) is 18.2. The molecule has 0 radical (unpaired) electrons. The third kappa shape index (κ3) is 11.1. The first-order chi connectivity index (χ1) is 20.4. The van der Waals surface area contributed by atoms with Crippen molar-refractivity contribution >= 4 is 17.6 Å². The van der Waals surface area contributed by atoms with Gasteiger partial charge in [-0.3, -0.25) is 4.79 Å². The molecule has 0 unspecified atom stereocenters. The van der Waals surface area contributed by atoms with E-state index < -0.39 is 18.2 Å². The molecule has 11 heteroatoms. The Hall–Kier alpha value is -3.41.